The molecule has 0 aromatic carbocycles. The van der Waals surface area contributed by atoms with Crippen LogP contribution in [0.1, 0.15) is 68.0 Å². The molecule has 0 spiro atoms. The SMILES string of the molecule is CCN(CC(=O)NC(C)(C)C)C(=O)c1sc2nc3n(c(=O)c2c1C)CCCCC3. The molecule has 1 aliphatic rings. The predicted octanol–water partition coefficient (Wildman–Crippen LogP) is 2.87. The first-order chi connectivity index (χ1) is 13.6. The third-order valence-electron chi connectivity index (χ3n) is 5.12. The predicted molar refractivity (Wildman–Crippen MR) is 116 cm³/mol. The Morgan fingerprint density at radius 2 is 1.97 bits per heavy atom. The van der Waals surface area contributed by atoms with E-state index in [4.69, 9.17) is 4.98 Å². The minimum atomic E-state index is -0.358. The van der Waals surface area contributed by atoms with Crippen LogP contribution in [0.25, 0.3) is 10.2 Å². The molecule has 3 heterocycles. The Kier molecular flexibility index (Phi) is 6.12. The highest BCUT2D eigenvalue weighted by molar-refractivity contribution is 7.20. The van der Waals surface area contributed by atoms with Crippen molar-refractivity contribution in [1.29, 1.82) is 0 Å². The summed E-state index contributed by atoms with van der Waals surface area (Å²) in [6.07, 6.45) is 3.89. The number of carbonyl (C=O) groups is 2. The van der Waals surface area contributed by atoms with Crippen LogP contribution in [-0.2, 0) is 17.8 Å². The van der Waals surface area contributed by atoms with E-state index in [9.17, 15) is 14.4 Å². The number of nitrogens with one attached hydrogen (secondary N) is 1. The van der Waals surface area contributed by atoms with Crippen LogP contribution in [0.4, 0.5) is 0 Å². The van der Waals surface area contributed by atoms with E-state index >= 15 is 0 Å². The van der Waals surface area contributed by atoms with Crippen LogP contribution < -0.4 is 10.9 Å². The van der Waals surface area contributed by atoms with E-state index in [-0.39, 0.29) is 29.5 Å². The normalized spacial score (nSPS) is 14.4. The number of hydrogen-bond acceptors (Lipinski definition) is 5. The van der Waals surface area contributed by atoms with Gasteiger partial charge in [0.25, 0.3) is 11.5 Å². The lowest BCUT2D eigenvalue weighted by Gasteiger charge is -2.25. The number of hydrogen-bond donors (Lipinski definition) is 1. The molecule has 0 atom stereocenters. The average Bonchev–Trinajstić information content (AvgIpc) is 2.79. The molecule has 2 amide bonds. The van der Waals surface area contributed by atoms with Crippen molar-refractivity contribution in [3.05, 3.63) is 26.6 Å². The van der Waals surface area contributed by atoms with E-state index in [0.29, 0.717) is 33.7 Å². The van der Waals surface area contributed by atoms with Crippen molar-refractivity contribution in [2.75, 3.05) is 13.1 Å². The first-order valence-electron chi connectivity index (χ1n) is 10.3. The van der Waals surface area contributed by atoms with Crippen molar-refractivity contribution >= 4 is 33.4 Å². The lowest BCUT2D eigenvalue weighted by Crippen LogP contribution is -2.47. The first kappa shape index (κ1) is 21.5. The van der Waals surface area contributed by atoms with Crippen LogP contribution in [0.15, 0.2) is 4.79 Å². The molecule has 0 fully saturated rings. The van der Waals surface area contributed by atoms with Crippen LogP contribution >= 0.6 is 11.3 Å². The third-order valence-corrected chi connectivity index (χ3v) is 6.30. The zero-order chi connectivity index (χ0) is 21.3. The van der Waals surface area contributed by atoms with Crippen molar-refractivity contribution in [2.45, 2.75) is 72.4 Å². The molecule has 2 aromatic heterocycles. The molecule has 3 rings (SSSR count). The summed E-state index contributed by atoms with van der Waals surface area (Å²) in [4.78, 5) is 45.9. The Morgan fingerprint density at radius 1 is 1.24 bits per heavy atom. The fourth-order valence-corrected chi connectivity index (χ4v) is 4.87. The maximum atomic E-state index is 13.2. The van der Waals surface area contributed by atoms with Crippen LogP contribution in [0.5, 0.6) is 0 Å². The molecule has 29 heavy (non-hydrogen) atoms. The number of fused-ring (bicyclic) bond motifs is 2. The fraction of sp³-hybridized carbons (Fsp3) is 0.619. The van der Waals surface area contributed by atoms with Gasteiger partial charge in [-0.15, -0.1) is 11.3 Å². The number of nitrogens with zero attached hydrogens (tertiary/aromatic N) is 3. The second kappa shape index (κ2) is 8.26. The van der Waals surface area contributed by atoms with Gasteiger partial charge in [0, 0.05) is 25.0 Å². The van der Waals surface area contributed by atoms with Crippen LogP contribution in [0, 0.1) is 6.92 Å². The largest absolute Gasteiger partial charge is 0.350 e. The summed E-state index contributed by atoms with van der Waals surface area (Å²) in [5.41, 5.74) is 0.263. The number of aryl methyl sites for hydroxylation is 2. The molecule has 1 aliphatic heterocycles. The highest BCUT2D eigenvalue weighted by atomic mass is 32.1. The quantitative estimate of drug-likeness (QED) is 0.827. The molecule has 0 saturated carbocycles. The van der Waals surface area contributed by atoms with Gasteiger partial charge in [-0.25, -0.2) is 4.98 Å². The molecule has 8 heteroatoms. The standard InChI is InChI=1S/C21H30N4O3S/c1-6-24(12-15(26)23-21(3,4)5)20(28)17-13(2)16-18(29-17)22-14-10-8-7-9-11-25(14)19(16)27/h6-12H2,1-5H3,(H,23,26). The molecule has 0 aliphatic carbocycles. The summed E-state index contributed by atoms with van der Waals surface area (Å²) in [5, 5.41) is 3.43. The van der Waals surface area contributed by atoms with Gasteiger partial charge >= 0.3 is 0 Å². The van der Waals surface area contributed by atoms with Gasteiger partial charge in [-0.3, -0.25) is 19.0 Å². The highest BCUT2D eigenvalue weighted by Crippen LogP contribution is 2.29. The zero-order valence-corrected chi connectivity index (χ0v) is 18.7. The fourth-order valence-electron chi connectivity index (χ4n) is 3.72. The molecule has 0 unspecified atom stereocenters. The van der Waals surface area contributed by atoms with Gasteiger partial charge in [0.15, 0.2) is 0 Å². The number of aromatic nitrogens is 2. The third kappa shape index (κ3) is 4.52. The van der Waals surface area contributed by atoms with Crippen LogP contribution in [0.3, 0.4) is 0 Å². The topological polar surface area (TPSA) is 84.3 Å². The van der Waals surface area contributed by atoms with E-state index in [1.807, 2.05) is 34.6 Å². The molecule has 0 radical (unpaired) electrons. The lowest BCUT2D eigenvalue weighted by atomic mass is 10.1. The summed E-state index contributed by atoms with van der Waals surface area (Å²) < 4.78 is 1.78. The van der Waals surface area contributed by atoms with Crippen molar-refractivity contribution in [3.8, 4) is 0 Å². The number of rotatable bonds is 4. The molecule has 7 nitrogen and oxygen atoms in total. The Labute approximate surface area is 175 Å². The summed E-state index contributed by atoms with van der Waals surface area (Å²) in [6.45, 7) is 10.5. The molecule has 0 bridgehead atoms. The van der Waals surface area contributed by atoms with Gasteiger partial charge in [-0.05, 0) is 53.0 Å². The van der Waals surface area contributed by atoms with Gasteiger partial charge in [-0.2, -0.15) is 0 Å². The van der Waals surface area contributed by atoms with E-state index in [1.165, 1.54) is 16.2 Å². The average molecular weight is 419 g/mol. The summed E-state index contributed by atoms with van der Waals surface area (Å²) in [6, 6.07) is 0. The minimum absolute atomic E-state index is 0.0107. The minimum Gasteiger partial charge on any atom is -0.350 e. The molecular formula is C21H30N4O3S. The molecule has 1 N–H and O–H groups in total. The summed E-state index contributed by atoms with van der Waals surface area (Å²) in [7, 11) is 0. The Morgan fingerprint density at radius 3 is 2.62 bits per heavy atom. The Hall–Kier alpha value is -2.22. The molecule has 2 aromatic rings. The van der Waals surface area contributed by atoms with Gasteiger partial charge in [0.1, 0.15) is 10.7 Å². The first-order valence-corrected chi connectivity index (χ1v) is 11.1. The Bertz CT molecular complexity index is 1000. The van der Waals surface area contributed by atoms with Crippen LogP contribution in [0.2, 0.25) is 0 Å². The highest BCUT2D eigenvalue weighted by Gasteiger charge is 2.26. The second-order valence-electron chi connectivity index (χ2n) is 8.65. The number of carbonyl (C=O) groups excluding carboxylic acids is 2. The summed E-state index contributed by atoms with van der Waals surface area (Å²) in [5.74, 6) is 0.394. The molecule has 0 saturated heterocycles. The maximum absolute atomic E-state index is 13.2. The smallest absolute Gasteiger partial charge is 0.264 e. The van der Waals surface area contributed by atoms with Gasteiger partial charge in [0.05, 0.1) is 16.8 Å². The van der Waals surface area contributed by atoms with E-state index in [0.717, 1.165) is 31.5 Å². The van der Waals surface area contributed by atoms with Gasteiger partial charge < -0.3 is 10.2 Å². The zero-order valence-electron chi connectivity index (χ0n) is 17.9. The number of thiophene rings is 1. The van der Waals surface area contributed by atoms with E-state index in [1.54, 1.807) is 4.57 Å². The van der Waals surface area contributed by atoms with E-state index in [2.05, 4.69) is 5.32 Å². The van der Waals surface area contributed by atoms with Crippen LogP contribution in [-0.4, -0.2) is 44.9 Å². The van der Waals surface area contributed by atoms with E-state index < -0.39 is 0 Å². The van der Waals surface area contributed by atoms with Crippen molar-refractivity contribution in [1.82, 2.24) is 19.8 Å². The monoisotopic (exact) mass is 418 g/mol. The molecular weight excluding hydrogens is 388 g/mol. The Balaban J connectivity index is 1.95. The van der Waals surface area contributed by atoms with Gasteiger partial charge in [0.2, 0.25) is 5.91 Å². The maximum Gasteiger partial charge on any atom is 0.264 e. The van der Waals surface area contributed by atoms with Crippen molar-refractivity contribution in [2.24, 2.45) is 0 Å². The van der Waals surface area contributed by atoms with Crippen molar-refractivity contribution < 1.29 is 9.59 Å². The van der Waals surface area contributed by atoms with Crippen molar-refractivity contribution in [3.63, 3.8) is 0 Å². The van der Waals surface area contributed by atoms with Gasteiger partial charge in [-0.1, -0.05) is 6.42 Å². The number of likely N-dealkylation sites (N-methyl/N-ethyl adjacent to an activating group) is 1. The number of amides is 2. The molecule has 158 valence electrons. The lowest BCUT2D eigenvalue weighted by molar-refractivity contribution is -0.123. The second-order valence-corrected chi connectivity index (χ2v) is 9.65. The summed E-state index contributed by atoms with van der Waals surface area (Å²) >= 11 is 1.26.